The molecule has 3 N–H and O–H groups in total. The van der Waals surface area contributed by atoms with Crippen LogP contribution in [0.2, 0.25) is 0 Å². The molecule has 1 unspecified atom stereocenters. The van der Waals surface area contributed by atoms with Crippen LogP contribution in [-0.2, 0) is 14.6 Å². The maximum Gasteiger partial charge on any atom is 0.322 e. The van der Waals surface area contributed by atoms with E-state index in [2.05, 4.69) is 11.8 Å². The van der Waals surface area contributed by atoms with Crippen LogP contribution in [0.5, 0.6) is 5.75 Å². The Morgan fingerprint density at radius 3 is 2.48 bits per heavy atom. The normalized spacial score (nSPS) is 12.1. The van der Waals surface area contributed by atoms with Gasteiger partial charge in [0.15, 0.2) is 15.1 Å². The highest BCUT2D eigenvalue weighted by atomic mass is 32.2. The van der Waals surface area contributed by atoms with E-state index < -0.39 is 21.1 Å². The molecule has 1 rings (SSSR count). The average Bonchev–Trinajstić information content (AvgIpc) is 2.52. The van der Waals surface area contributed by atoms with Gasteiger partial charge >= 0.3 is 5.97 Å². The zero-order valence-electron chi connectivity index (χ0n) is 13.0. The minimum absolute atomic E-state index is 0.0356. The Morgan fingerprint density at radius 1 is 1.30 bits per heavy atom. The molecule has 1 aromatic rings. The van der Waals surface area contributed by atoms with Gasteiger partial charge in [-0.15, -0.1) is 5.92 Å². The molecular weight excluding hydrogens is 318 g/mol. The van der Waals surface area contributed by atoms with Gasteiger partial charge in [0.1, 0.15) is 12.4 Å². The lowest BCUT2D eigenvalue weighted by molar-refractivity contribution is -0.136. The van der Waals surface area contributed by atoms with Gasteiger partial charge in [0.05, 0.1) is 4.90 Å². The summed E-state index contributed by atoms with van der Waals surface area (Å²) in [5, 5.41) is 7.75. The SMILES string of the molecule is CC#CCOc1ccc(S(=O)(=O)C(CCCCN)C(=O)O)cc1. The molecule has 0 aromatic heterocycles. The lowest BCUT2D eigenvalue weighted by atomic mass is 10.2. The fraction of sp³-hybridized carbons (Fsp3) is 0.438. The number of benzene rings is 1. The Hall–Kier alpha value is -2.04. The molecule has 6 nitrogen and oxygen atoms in total. The van der Waals surface area contributed by atoms with Gasteiger partial charge < -0.3 is 15.6 Å². The molecule has 0 fully saturated rings. The summed E-state index contributed by atoms with van der Waals surface area (Å²) in [6.07, 6.45) is 1.08. The predicted octanol–water partition coefficient (Wildman–Crippen LogP) is 1.44. The van der Waals surface area contributed by atoms with Crippen LogP contribution in [0.25, 0.3) is 0 Å². The van der Waals surface area contributed by atoms with Gasteiger partial charge in [0.25, 0.3) is 0 Å². The Labute approximate surface area is 136 Å². The van der Waals surface area contributed by atoms with Gasteiger partial charge in [0.2, 0.25) is 0 Å². The molecule has 0 bridgehead atoms. The molecular formula is C16H21NO5S. The quantitative estimate of drug-likeness (QED) is 0.521. The number of hydrogen-bond acceptors (Lipinski definition) is 5. The second-order valence-electron chi connectivity index (χ2n) is 4.84. The van der Waals surface area contributed by atoms with Gasteiger partial charge in [-0.1, -0.05) is 12.3 Å². The van der Waals surface area contributed by atoms with Gasteiger partial charge in [0, 0.05) is 0 Å². The van der Waals surface area contributed by atoms with Crippen molar-refractivity contribution in [3.05, 3.63) is 24.3 Å². The van der Waals surface area contributed by atoms with Crippen LogP contribution < -0.4 is 10.5 Å². The van der Waals surface area contributed by atoms with E-state index in [1.165, 1.54) is 24.3 Å². The van der Waals surface area contributed by atoms with Crippen LogP contribution in [0.15, 0.2) is 29.2 Å². The molecule has 1 aromatic carbocycles. The first kappa shape index (κ1) is 19.0. The molecule has 0 spiro atoms. The van der Waals surface area contributed by atoms with E-state index in [1.807, 2.05) is 0 Å². The summed E-state index contributed by atoms with van der Waals surface area (Å²) >= 11 is 0. The van der Waals surface area contributed by atoms with Gasteiger partial charge in [-0.05, 0) is 50.6 Å². The molecule has 0 saturated carbocycles. The summed E-state index contributed by atoms with van der Waals surface area (Å²) < 4.78 is 30.2. The van der Waals surface area contributed by atoms with E-state index >= 15 is 0 Å². The molecule has 0 heterocycles. The van der Waals surface area contributed by atoms with Crippen LogP contribution in [0, 0.1) is 11.8 Å². The van der Waals surface area contributed by atoms with E-state index in [-0.39, 0.29) is 17.9 Å². The Morgan fingerprint density at radius 2 is 1.96 bits per heavy atom. The minimum atomic E-state index is -3.95. The number of carboxylic acid groups (broad SMARTS) is 1. The van der Waals surface area contributed by atoms with E-state index in [0.717, 1.165) is 0 Å². The first-order valence-corrected chi connectivity index (χ1v) is 8.77. The second-order valence-corrected chi connectivity index (χ2v) is 6.97. The largest absolute Gasteiger partial charge is 0.481 e. The number of nitrogens with two attached hydrogens (primary N) is 1. The minimum Gasteiger partial charge on any atom is -0.481 e. The lowest BCUT2D eigenvalue weighted by Crippen LogP contribution is -2.30. The Kier molecular flexibility index (Phi) is 7.59. The van der Waals surface area contributed by atoms with E-state index in [1.54, 1.807) is 6.92 Å². The summed E-state index contributed by atoms with van der Waals surface area (Å²) in [5.74, 6) is 4.53. The molecule has 1 atom stereocenters. The van der Waals surface area contributed by atoms with Crippen molar-refractivity contribution in [3.63, 3.8) is 0 Å². The number of carbonyl (C=O) groups is 1. The third kappa shape index (κ3) is 5.58. The van der Waals surface area contributed by atoms with E-state index in [0.29, 0.717) is 25.1 Å². The number of carboxylic acids is 1. The summed E-state index contributed by atoms with van der Waals surface area (Å²) in [6, 6.07) is 5.68. The third-order valence-corrected chi connectivity index (χ3v) is 5.33. The topological polar surface area (TPSA) is 107 Å². The molecule has 0 radical (unpaired) electrons. The highest BCUT2D eigenvalue weighted by molar-refractivity contribution is 7.92. The Balaban J connectivity index is 2.91. The number of sulfone groups is 1. The second kappa shape index (κ2) is 9.18. The first-order chi connectivity index (χ1) is 10.9. The van der Waals surface area contributed by atoms with E-state index in [4.69, 9.17) is 10.5 Å². The summed E-state index contributed by atoms with van der Waals surface area (Å²) in [4.78, 5) is 11.3. The molecule has 0 aliphatic heterocycles. The molecule has 0 saturated heterocycles. The molecule has 0 aliphatic carbocycles. The maximum atomic E-state index is 12.5. The molecule has 126 valence electrons. The summed E-state index contributed by atoms with van der Waals surface area (Å²) in [5.41, 5.74) is 5.36. The van der Waals surface area contributed by atoms with Crippen LogP contribution >= 0.6 is 0 Å². The van der Waals surface area contributed by atoms with Crippen molar-refractivity contribution in [2.24, 2.45) is 5.73 Å². The molecule has 0 aliphatic rings. The van der Waals surface area contributed by atoms with Crippen LogP contribution in [-0.4, -0.2) is 37.9 Å². The van der Waals surface area contributed by atoms with Gasteiger partial charge in [-0.3, -0.25) is 4.79 Å². The predicted molar refractivity (Wildman–Crippen MR) is 86.9 cm³/mol. The monoisotopic (exact) mass is 339 g/mol. The lowest BCUT2D eigenvalue weighted by Gasteiger charge is -2.14. The van der Waals surface area contributed by atoms with Crippen molar-refractivity contribution < 1.29 is 23.1 Å². The number of aliphatic carboxylic acids is 1. The summed E-state index contributed by atoms with van der Waals surface area (Å²) in [6.45, 7) is 2.30. The van der Waals surface area contributed by atoms with Gasteiger partial charge in [-0.25, -0.2) is 8.42 Å². The van der Waals surface area contributed by atoms with Crippen molar-refractivity contribution in [2.45, 2.75) is 36.3 Å². The smallest absolute Gasteiger partial charge is 0.322 e. The zero-order chi connectivity index (χ0) is 17.3. The van der Waals surface area contributed by atoms with Gasteiger partial charge in [-0.2, -0.15) is 0 Å². The highest BCUT2D eigenvalue weighted by Gasteiger charge is 2.33. The fourth-order valence-electron chi connectivity index (χ4n) is 1.97. The van der Waals surface area contributed by atoms with Crippen molar-refractivity contribution in [2.75, 3.05) is 13.2 Å². The standard InChI is InChI=1S/C16H21NO5S/c1-2-3-12-22-13-7-9-14(10-8-13)23(20,21)15(16(18)19)6-4-5-11-17/h7-10,15H,4-6,11-12,17H2,1H3,(H,18,19). The number of unbranched alkanes of at least 4 members (excludes halogenated alkanes) is 1. The maximum absolute atomic E-state index is 12.5. The first-order valence-electron chi connectivity index (χ1n) is 7.22. The van der Waals surface area contributed by atoms with Crippen molar-refractivity contribution in [3.8, 4) is 17.6 Å². The Bertz CT molecular complexity index is 671. The fourth-order valence-corrected chi connectivity index (χ4v) is 3.55. The number of ether oxygens (including phenoxy) is 1. The molecule has 23 heavy (non-hydrogen) atoms. The van der Waals surface area contributed by atoms with Crippen LogP contribution in [0.4, 0.5) is 0 Å². The van der Waals surface area contributed by atoms with Crippen LogP contribution in [0.1, 0.15) is 26.2 Å². The number of rotatable bonds is 9. The molecule has 0 amide bonds. The van der Waals surface area contributed by atoms with E-state index in [9.17, 15) is 18.3 Å². The highest BCUT2D eigenvalue weighted by Crippen LogP contribution is 2.23. The van der Waals surface area contributed by atoms with Crippen molar-refractivity contribution in [1.29, 1.82) is 0 Å². The van der Waals surface area contributed by atoms with Crippen molar-refractivity contribution in [1.82, 2.24) is 0 Å². The average molecular weight is 339 g/mol. The molecule has 7 heteroatoms. The van der Waals surface area contributed by atoms with Crippen LogP contribution in [0.3, 0.4) is 0 Å². The third-order valence-electron chi connectivity index (χ3n) is 3.21. The van der Waals surface area contributed by atoms with Crippen molar-refractivity contribution >= 4 is 15.8 Å². The zero-order valence-corrected chi connectivity index (χ0v) is 13.8. The number of hydrogen-bond donors (Lipinski definition) is 2. The summed E-state index contributed by atoms with van der Waals surface area (Å²) in [7, 11) is -3.95.